The fourth-order valence-electron chi connectivity index (χ4n) is 1.16. The third-order valence-corrected chi connectivity index (χ3v) is 2.66. The largest absolute Gasteiger partial charge is 0.347 e. The maximum absolute atomic E-state index is 11.6. The van der Waals surface area contributed by atoms with Gasteiger partial charge in [-0.1, -0.05) is 6.07 Å². The highest BCUT2D eigenvalue weighted by molar-refractivity contribution is 7.07. The van der Waals surface area contributed by atoms with Gasteiger partial charge in [0.05, 0.1) is 0 Å². The van der Waals surface area contributed by atoms with Crippen molar-refractivity contribution in [3.05, 3.63) is 52.5 Å². The molecule has 0 aliphatic carbocycles. The quantitative estimate of drug-likeness (QED) is 0.857. The predicted molar refractivity (Wildman–Crippen MR) is 59.7 cm³/mol. The van der Waals surface area contributed by atoms with Gasteiger partial charge in [-0.15, -0.1) is 0 Å². The molecular formula is C11H10N2OS. The number of pyridine rings is 1. The van der Waals surface area contributed by atoms with E-state index in [0.29, 0.717) is 12.2 Å². The van der Waals surface area contributed by atoms with Gasteiger partial charge in [0.1, 0.15) is 5.69 Å². The van der Waals surface area contributed by atoms with Gasteiger partial charge in [-0.2, -0.15) is 11.3 Å². The molecule has 0 saturated carbocycles. The van der Waals surface area contributed by atoms with Crippen molar-refractivity contribution >= 4 is 17.2 Å². The second-order valence-corrected chi connectivity index (χ2v) is 3.81. The number of hydrogen-bond donors (Lipinski definition) is 1. The molecule has 0 aromatic carbocycles. The van der Waals surface area contributed by atoms with Crippen LogP contribution in [0.25, 0.3) is 0 Å². The van der Waals surface area contributed by atoms with Gasteiger partial charge in [-0.05, 0) is 34.5 Å². The minimum atomic E-state index is -0.137. The van der Waals surface area contributed by atoms with E-state index in [0.717, 1.165) is 5.56 Å². The molecular weight excluding hydrogens is 208 g/mol. The summed E-state index contributed by atoms with van der Waals surface area (Å²) in [5.74, 6) is -0.137. The second kappa shape index (κ2) is 4.70. The van der Waals surface area contributed by atoms with Crippen LogP contribution in [0.15, 0.2) is 41.2 Å². The van der Waals surface area contributed by atoms with Crippen molar-refractivity contribution in [2.45, 2.75) is 6.54 Å². The Bertz CT molecular complexity index is 425. The van der Waals surface area contributed by atoms with E-state index in [4.69, 9.17) is 0 Å². The molecule has 2 heterocycles. The zero-order valence-electron chi connectivity index (χ0n) is 8.01. The fraction of sp³-hybridized carbons (Fsp3) is 0.0909. The van der Waals surface area contributed by atoms with Gasteiger partial charge in [0, 0.05) is 12.7 Å². The predicted octanol–water partition coefficient (Wildman–Crippen LogP) is 2.07. The van der Waals surface area contributed by atoms with E-state index in [1.165, 1.54) is 0 Å². The smallest absolute Gasteiger partial charge is 0.270 e. The van der Waals surface area contributed by atoms with Gasteiger partial charge in [0.15, 0.2) is 0 Å². The average molecular weight is 218 g/mol. The molecule has 0 aliphatic heterocycles. The number of thiophene rings is 1. The van der Waals surface area contributed by atoms with Crippen molar-refractivity contribution < 1.29 is 4.79 Å². The number of aromatic nitrogens is 1. The molecule has 0 saturated heterocycles. The third kappa shape index (κ3) is 2.63. The second-order valence-electron chi connectivity index (χ2n) is 3.03. The summed E-state index contributed by atoms with van der Waals surface area (Å²) in [7, 11) is 0. The molecule has 15 heavy (non-hydrogen) atoms. The standard InChI is InChI=1S/C11H10N2OS/c14-11(10-3-1-2-5-12-10)13-7-9-4-6-15-8-9/h1-6,8H,7H2,(H,13,14). The Labute approximate surface area is 91.8 Å². The van der Waals surface area contributed by atoms with Crippen LogP contribution in [-0.2, 0) is 6.54 Å². The van der Waals surface area contributed by atoms with Crippen molar-refractivity contribution in [1.29, 1.82) is 0 Å². The molecule has 2 aromatic heterocycles. The highest BCUT2D eigenvalue weighted by Gasteiger charge is 2.04. The lowest BCUT2D eigenvalue weighted by Gasteiger charge is -2.02. The number of hydrogen-bond acceptors (Lipinski definition) is 3. The van der Waals surface area contributed by atoms with E-state index < -0.39 is 0 Å². The molecule has 0 radical (unpaired) electrons. The summed E-state index contributed by atoms with van der Waals surface area (Å²) in [6.45, 7) is 0.554. The Morgan fingerprint density at radius 1 is 1.40 bits per heavy atom. The van der Waals surface area contributed by atoms with Gasteiger partial charge >= 0.3 is 0 Å². The maximum atomic E-state index is 11.6. The minimum absolute atomic E-state index is 0.137. The zero-order chi connectivity index (χ0) is 10.5. The van der Waals surface area contributed by atoms with Gasteiger partial charge in [0.25, 0.3) is 5.91 Å². The fourth-order valence-corrected chi connectivity index (χ4v) is 1.83. The van der Waals surface area contributed by atoms with Crippen LogP contribution in [0.1, 0.15) is 16.1 Å². The highest BCUT2D eigenvalue weighted by atomic mass is 32.1. The average Bonchev–Trinajstić information content (AvgIpc) is 2.80. The summed E-state index contributed by atoms with van der Waals surface area (Å²) in [5, 5.41) is 6.81. The van der Waals surface area contributed by atoms with Crippen LogP contribution in [0.3, 0.4) is 0 Å². The molecule has 2 rings (SSSR count). The summed E-state index contributed by atoms with van der Waals surface area (Å²) in [5.41, 5.74) is 1.57. The lowest BCUT2D eigenvalue weighted by atomic mass is 10.3. The molecule has 0 bridgehead atoms. The Hall–Kier alpha value is -1.68. The normalized spacial score (nSPS) is 9.87. The highest BCUT2D eigenvalue weighted by Crippen LogP contribution is 2.05. The number of carbonyl (C=O) groups excluding carboxylic acids is 1. The number of nitrogens with zero attached hydrogens (tertiary/aromatic N) is 1. The van der Waals surface area contributed by atoms with Gasteiger partial charge < -0.3 is 5.32 Å². The van der Waals surface area contributed by atoms with Crippen molar-refractivity contribution in [1.82, 2.24) is 10.3 Å². The minimum Gasteiger partial charge on any atom is -0.347 e. The molecule has 2 aromatic rings. The lowest BCUT2D eigenvalue weighted by molar-refractivity contribution is 0.0946. The first-order chi connectivity index (χ1) is 7.36. The summed E-state index contributed by atoms with van der Waals surface area (Å²) >= 11 is 1.62. The van der Waals surface area contributed by atoms with Crippen LogP contribution < -0.4 is 5.32 Å². The molecule has 0 fully saturated rings. The first-order valence-electron chi connectivity index (χ1n) is 4.56. The van der Waals surface area contributed by atoms with E-state index in [2.05, 4.69) is 10.3 Å². The van der Waals surface area contributed by atoms with E-state index in [9.17, 15) is 4.79 Å². The molecule has 1 amide bonds. The Balaban J connectivity index is 1.94. The summed E-state index contributed by atoms with van der Waals surface area (Å²) in [6, 6.07) is 7.27. The van der Waals surface area contributed by atoms with Crippen molar-refractivity contribution in [2.24, 2.45) is 0 Å². The van der Waals surface area contributed by atoms with E-state index in [-0.39, 0.29) is 5.91 Å². The van der Waals surface area contributed by atoms with Crippen molar-refractivity contribution in [3.8, 4) is 0 Å². The first-order valence-corrected chi connectivity index (χ1v) is 5.51. The number of rotatable bonds is 3. The number of carbonyl (C=O) groups is 1. The summed E-state index contributed by atoms with van der Waals surface area (Å²) in [6.07, 6.45) is 1.61. The topological polar surface area (TPSA) is 42.0 Å². The molecule has 4 heteroatoms. The molecule has 0 atom stereocenters. The molecule has 76 valence electrons. The van der Waals surface area contributed by atoms with Crippen molar-refractivity contribution in [3.63, 3.8) is 0 Å². The first kappa shape index (κ1) is 9.86. The van der Waals surface area contributed by atoms with Crippen LogP contribution in [0.4, 0.5) is 0 Å². The lowest BCUT2D eigenvalue weighted by Crippen LogP contribution is -2.23. The van der Waals surface area contributed by atoms with Crippen LogP contribution >= 0.6 is 11.3 Å². The van der Waals surface area contributed by atoms with E-state index >= 15 is 0 Å². The molecule has 0 unspecified atom stereocenters. The Morgan fingerprint density at radius 3 is 3.00 bits per heavy atom. The molecule has 0 spiro atoms. The Morgan fingerprint density at radius 2 is 2.33 bits per heavy atom. The van der Waals surface area contributed by atoms with Crippen LogP contribution in [-0.4, -0.2) is 10.9 Å². The van der Waals surface area contributed by atoms with Gasteiger partial charge in [-0.25, -0.2) is 0 Å². The van der Waals surface area contributed by atoms with Crippen LogP contribution in [0.5, 0.6) is 0 Å². The summed E-state index contributed by atoms with van der Waals surface area (Å²) < 4.78 is 0. The van der Waals surface area contributed by atoms with Gasteiger partial charge in [-0.3, -0.25) is 9.78 Å². The Kier molecular flexibility index (Phi) is 3.09. The van der Waals surface area contributed by atoms with Crippen molar-refractivity contribution in [2.75, 3.05) is 0 Å². The van der Waals surface area contributed by atoms with Crippen LogP contribution in [0, 0.1) is 0 Å². The monoisotopic (exact) mass is 218 g/mol. The van der Waals surface area contributed by atoms with E-state index in [1.54, 1.807) is 35.7 Å². The third-order valence-electron chi connectivity index (χ3n) is 1.93. The zero-order valence-corrected chi connectivity index (χ0v) is 8.83. The molecule has 3 nitrogen and oxygen atoms in total. The van der Waals surface area contributed by atoms with Crippen LogP contribution in [0.2, 0.25) is 0 Å². The molecule has 0 aliphatic rings. The SMILES string of the molecule is O=C(NCc1ccsc1)c1ccccn1. The van der Waals surface area contributed by atoms with Gasteiger partial charge in [0.2, 0.25) is 0 Å². The maximum Gasteiger partial charge on any atom is 0.270 e. The number of nitrogens with one attached hydrogen (secondary N) is 1. The number of amides is 1. The molecule has 1 N–H and O–H groups in total. The van der Waals surface area contributed by atoms with E-state index in [1.807, 2.05) is 16.8 Å². The summed E-state index contributed by atoms with van der Waals surface area (Å²) in [4.78, 5) is 15.5.